The molecule has 0 saturated carbocycles. The molecule has 0 aromatic rings. The van der Waals surface area contributed by atoms with Crippen molar-refractivity contribution in [3.63, 3.8) is 0 Å². The summed E-state index contributed by atoms with van der Waals surface area (Å²) in [5.74, 6) is 0.0231. The van der Waals surface area contributed by atoms with Crippen molar-refractivity contribution in [1.29, 1.82) is 0 Å². The summed E-state index contributed by atoms with van der Waals surface area (Å²) in [5.41, 5.74) is 2.33. The van der Waals surface area contributed by atoms with E-state index in [2.05, 4.69) is 18.0 Å². The highest BCUT2D eigenvalue weighted by Gasteiger charge is 2.30. The lowest BCUT2D eigenvalue weighted by molar-refractivity contribution is -0.121. The molecule has 2 aliphatic rings. The fourth-order valence-corrected chi connectivity index (χ4v) is 3.18. The Hall–Kier alpha value is -0.810. The molecule has 3 nitrogen and oxygen atoms in total. The number of allylic oxidation sites excluding steroid dienone is 3. The second kappa shape index (κ2) is 4.82. The molecule has 2 rings (SSSR count). The summed E-state index contributed by atoms with van der Waals surface area (Å²) in [6.45, 7) is 3.09. The lowest BCUT2D eigenvalue weighted by Gasteiger charge is -2.12. The molecule has 0 spiro atoms. The summed E-state index contributed by atoms with van der Waals surface area (Å²) in [6, 6.07) is 0. The third kappa shape index (κ3) is 2.40. The molecule has 0 aromatic heterocycles. The van der Waals surface area contributed by atoms with E-state index in [9.17, 15) is 4.79 Å². The minimum absolute atomic E-state index is 0.0231. The summed E-state index contributed by atoms with van der Waals surface area (Å²) in [5, 5.41) is 0. The molecular formula is C12H16N2OS2. The van der Waals surface area contributed by atoms with Crippen molar-refractivity contribution >= 4 is 34.2 Å². The fourth-order valence-electron chi connectivity index (χ4n) is 2.01. The highest BCUT2D eigenvalue weighted by atomic mass is 32.2. The van der Waals surface area contributed by atoms with Crippen molar-refractivity contribution in [3.05, 3.63) is 22.3 Å². The van der Waals surface area contributed by atoms with Crippen molar-refractivity contribution in [2.45, 2.75) is 19.8 Å². The minimum Gasteiger partial charge on any atom is -0.378 e. The lowest BCUT2D eigenvalue weighted by atomic mass is 10.2. The predicted octanol–water partition coefficient (Wildman–Crippen LogP) is 2.36. The van der Waals surface area contributed by atoms with Crippen molar-refractivity contribution < 1.29 is 4.79 Å². The molecule has 0 bridgehead atoms. The van der Waals surface area contributed by atoms with Gasteiger partial charge >= 0.3 is 0 Å². The Balaban J connectivity index is 2.27. The second-order valence-corrected chi connectivity index (χ2v) is 6.05. The maximum absolute atomic E-state index is 11.9. The minimum atomic E-state index is 0.0231. The zero-order valence-electron chi connectivity index (χ0n) is 10.3. The first-order valence-electron chi connectivity index (χ1n) is 5.63. The first-order valence-corrected chi connectivity index (χ1v) is 6.85. The lowest BCUT2D eigenvalue weighted by Crippen LogP contribution is -2.22. The van der Waals surface area contributed by atoms with E-state index in [1.807, 2.05) is 6.92 Å². The molecule has 2 heterocycles. The summed E-state index contributed by atoms with van der Waals surface area (Å²) in [7, 11) is 3.82. The molecule has 17 heavy (non-hydrogen) atoms. The summed E-state index contributed by atoms with van der Waals surface area (Å²) >= 11 is 6.52. The van der Waals surface area contributed by atoms with E-state index >= 15 is 0 Å². The van der Waals surface area contributed by atoms with Crippen LogP contribution in [-0.2, 0) is 4.79 Å². The maximum atomic E-state index is 11.9. The van der Waals surface area contributed by atoms with Crippen LogP contribution in [-0.4, -0.2) is 40.7 Å². The highest BCUT2D eigenvalue weighted by Crippen LogP contribution is 2.33. The van der Waals surface area contributed by atoms with Crippen molar-refractivity contribution in [1.82, 2.24) is 9.80 Å². The van der Waals surface area contributed by atoms with Crippen molar-refractivity contribution in [3.8, 4) is 0 Å². The van der Waals surface area contributed by atoms with Gasteiger partial charge in [0.15, 0.2) is 0 Å². The van der Waals surface area contributed by atoms with Gasteiger partial charge in [-0.1, -0.05) is 24.0 Å². The quantitative estimate of drug-likeness (QED) is 0.538. The molecule has 5 heteroatoms. The van der Waals surface area contributed by atoms with Crippen LogP contribution in [0.15, 0.2) is 22.3 Å². The zero-order chi connectivity index (χ0) is 12.6. The van der Waals surface area contributed by atoms with E-state index in [4.69, 9.17) is 12.2 Å². The number of amides is 1. The second-order valence-electron chi connectivity index (χ2n) is 4.41. The van der Waals surface area contributed by atoms with Crippen molar-refractivity contribution in [2.75, 3.05) is 20.6 Å². The van der Waals surface area contributed by atoms with E-state index in [1.54, 1.807) is 7.05 Å². The fraction of sp³-hybridized carbons (Fsp3) is 0.500. The number of nitrogens with zero attached hydrogens (tertiary/aromatic N) is 2. The Kier molecular flexibility index (Phi) is 3.58. The van der Waals surface area contributed by atoms with Crippen LogP contribution in [0.2, 0.25) is 0 Å². The monoisotopic (exact) mass is 268 g/mol. The molecular weight excluding hydrogens is 252 g/mol. The Morgan fingerprint density at radius 3 is 2.65 bits per heavy atom. The molecule has 2 fully saturated rings. The van der Waals surface area contributed by atoms with Gasteiger partial charge in [0, 0.05) is 26.3 Å². The molecule has 0 aromatic carbocycles. The van der Waals surface area contributed by atoms with E-state index in [0.29, 0.717) is 4.32 Å². The molecule has 2 saturated heterocycles. The van der Waals surface area contributed by atoms with E-state index in [1.165, 1.54) is 28.8 Å². The SMILES string of the molecule is CC(/C=C1/CCCN1C)=C1\SC(=S)N(C)C1=O. The molecule has 0 N–H and O–H groups in total. The highest BCUT2D eigenvalue weighted by molar-refractivity contribution is 8.26. The van der Waals surface area contributed by atoms with Crippen LogP contribution in [0.4, 0.5) is 0 Å². The van der Waals surface area contributed by atoms with Gasteiger partial charge in [-0.2, -0.15) is 0 Å². The van der Waals surface area contributed by atoms with Crippen molar-refractivity contribution in [2.24, 2.45) is 0 Å². The maximum Gasteiger partial charge on any atom is 0.266 e. The summed E-state index contributed by atoms with van der Waals surface area (Å²) in [4.78, 5) is 16.5. The van der Waals surface area contributed by atoms with E-state index < -0.39 is 0 Å². The van der Waals surface area contributed by atoms with Crippen LogP contribution < -0.4 is 0 Å². The van der Waals surface area contributed by atoms with Gasteiger partial charge in [0.2, 0.25) is 0 Å². The Labute approximate surface area is 112 Å². The van der Waals surface area contributed by atoms with Gasteiger partial charge in [0.1, 0.15) is 4.32 Å². The first-order chi connectivity index (χ1) is 8.00. The zero-order valence-corrected chi connectivity index (χ0v) is 12.0. The van der Waals surface area contributed by atoms with E-state index in [0.717, 1.165) is 23.4 Å². The molecule has 0 radical (unpaired) electrons. The standard InChI is InChI=1S/C12H16N2OS2/c1-8(7-9-5-4-6-13(9)2)10-11(15)14(3)12(16)17-10/h7H,4-6H2,1-3H3/b9-7-,10-8+. The van der Waals surface area contributed by atoms with Crippen LogP contribution in [0.1, 0.15) is 19.8 Å². The van der Waals surface area contributed by atoms with Gasteiger partial charge in [-0.05, 0) is 31.4 Å². The van der Waals surface area contributed by atoms with Crippen LogP contribution in [0.25, 0.3) is 0 Å². The number of thioether (sulfide) groups is 1. The van der Waals surface area contributed by atoms with E-state index in [-0.39, 0.29) is 5.91 Å². The topological polar surface area (TPSA) is 23.6 Å². The smallest absolute Gasteiger partial charge is 0.266 e. The number of thiocarbonyl (C=S) groups is 1. The van der Waals surface area contributed by atoms with Gasteiger partial charge < -0.3 is 4.90 Å². The van der Waals surface area contributed by atoms with Gasteiger partial charge in [0.05, 0.1) is 4.91 Å². The Morgan fingerprint density at radius 2 is 2.18 bits per heavy atom. The number of carbonyl (C=O) groups excluding carboxylic acids is 1. The molecule has 2 aliphatic heterocycles. The first kappa shape index (κ1) is 12.6. The third-order valence-corrected chi connectivity index (χ3v) is 4.79. The molecule has 0 aliphatic carbocycles. The Bertz CT molecular complexity index is 440. The number of hydrogen-bond donors (Lipinski definition) is 0. The van der Waals surface area contributed by atoms with Crippen LogP contribution >= 0.6 is 24.0 Å². The average Bonchev–Trinajstić information content (AvgIpc) is 2.79. The van der Waals surface area contributed by atoms with Crippen LogP contribution in [0, 0.1) is 0 Å². The number of rotatable bonds is 1. The molecule has 92 valence electrons. The Morgan fingerprint density at radius 1 is 1.47 bits per heavy atom. The normalized spacial score (nSPS) is 26.4. The van der Waals surface area contributed by atoms with Gasteiger partial charge in [-0.15, -0.1) is 0 Å². The number of carbonyl (C=O) groups is 1. The number of likely N-dealkylation sites (N-methyl/N-ethyl adjacent to an activating group) is 1. The van der Waals surface area contributed by atoms with Crippen LogP contribution in [0.3, 0.4) is 0 Å². The summed E-state index contributed by atoms with van der Waals surface area (Å²) < 4.78 is 0.641. The molecule has 0 atom stereocenters. The number of likely N-dealkylation sites (tertiary alicyclic amines) is 1. The molecule has 1 amide bonds. The number of hydrogen-bond acceptors (Lipinski definition) is 4. The summed E-state index contributed by atoms with van der Waals surface area (Å²) in [6.07, 6.45) is 4.42. The average molecular weight is 268 g/mol. The predicted molar refractivity (Wildman–Crippen MR) is 75.6 cm³/mol. The molecule has 0 unspecified atom stereocenters. The largest absolute Gasteiger partial charge is 0.378 e. The third-order valence-electron chi connectivity index (χ3n) is 3.12. The van der Waals surface area contributed by atoms with Gasteiger partial charge in [-0.3, -0.25) is 9.69 Å². The van der Waals surface area contributed by atoms with Gasteiger partial charge in [0.25, 0.3) is 5.91 Å². The van der Waals surface area contributed by atoms with Crippen LogP contribution in [0.5, 0.6) is 0 Å². The van der Waals surface area contributed by atoms with Gasteiger partial charge in [-0.25, -0.2) is 0 Å².